The summed E-state index contributed by atoms with van der Waals surface area (Å²) in [5.41, 5.74) is 7.82. The molecule has 32 heavy (non-hydrogen) atoms. The molecule has 0 bridgehead atoms. The molecule has 0 fully saturated rings. The number of rotatable bonds is 7. The minimum atomic E-state index is -0.0632. The highest BCUT2D eigenvalue weighted by Gasteiger charge is 2.30. The summed E-state index contributed by atoms with van der Waals surface area (Å²) in [6, 6.07) is 26.4. The van der Waals surface area contributed by atoms with E-state index in [1.54, 1.807) is 0 Å². The zero-order valence-corrected chi connectivity index (χ0v) is 19.9. The lowest BCUT2D eigenvalue weighted by Crippen LogP contribution is -2.26. The highest BCUT2D eigenvalue weighted by Crippen LogP contribution is 2.41. The molecule has 0 aliphatic rings. The van der Waals surface area contributed by atoms with Crippen molar-refractivity contribution in [1.29, 1.82) is 0 Å². The van der Waals surface area contributed by atoms with Crippen LogP contribution in [0.4, 0.5) is 5.69 Å². The average Bonchev–Trinajstić information content (AvgIpc) is 3.05. The van der Waals surface area contributed by atoms with Gasteiger partial charge in [0.05, 0.1) is 0 Å². The van der Waals surface area contributed by atoms with E-state index in [-0.39, 0.29) is 5.41 Å². The number of hydrogen-bond donors (Lipinski definition) is 1. The van der Waals surface area contributed by atoms with Gasteiger partial charge in [0.25, 0.3) is 0 Å². The van der Waals surface area contributed by atoms with Crippen molar-refractivity contribution in [2.24, 2.45) is 7.05 Å². The van der Waals surface area contributed by atoms with Gasteiger partial charge in [-0.05, 0) is 72.4 Å². The molecule has 1 heterocycles. The van der Waals surface area contributed by atoms with Crippen LogP contribution in [0.2, 0.25) is 0 Å². The maximum Gasteiger partial charge on any atom is 0.0405 e. The van der Waals surface area contributed by atoms with E-state index in [1.807, 2.05) is 7.05 Å². The lowest BCUT2D eigenvalue weighted by Gasteiger charge is -2.33. The van der Waals surface area contributed by atoms with Gasteiger partial charge in [-0.25, -0.2) is 0 Å². The molecule has 0 amide bonds. The van der Waals surface area contributed by atoms with Crippen LogP contribution in [0.1, 0.15) is 41.4 Å². The molecule has 1 aromatic heterocycles. The Morgan fingerprint density at radius 3 is 2.34 bits per heavy atom. The number of benzene rings is 3. The summed E-state index contributed by atoms with van der Waals surface area (Å²) >= 11 is 0. The molecule has 1 atom stereocenters. The molecule has 2 heteroatoms. The van der Waals surface area contributed by atoms with Crippen molar-refractivity contribution in [1.82, 2.24) is 4.57 Å². The number of aryl methyl sites for hydroxylation is 1. The Morgan fingerprint density at radius 1 is 0.938 bits per heavy atom. The van der Waals surface area contributed by atoms with E-state index in [9.17, 15) is 0 Å². The van der Waals surface area contributed by atoms with Gasteiger partial charge in [-0.2, -0.15) is 0 Å². The Hall–Kier alpha value is -3.26. The first-order valence-electron chi connectivity index (χ1n) is 11.5. The largest absolute Gasteiger partial charge is 0.388 e. The topological polar surface area (TPSA) is 17.0 Å². The molecule has 0 aliphatic heterocycles. The van der Waals surface area contributed by atoms with Crippen LogP contribution >= 0.6 is 0 Å². The number of aromatic nitrogens is 1. The van der Waals surface area contributed by atoms with E-state index < -0.39 is 0 Å². The Labute approximate surface area is 192 Å². The van der Waals surface area contributed by atoms with Gasteiger partial charge in [0.15, 0.2) is 0 Å². The van der Waals surface area contributed by atoms with Crippen LogP contribution in [0.3, 0.4) is 0 Å². The monoisotopic (exact) mass is 422 g/mol. The van der Waals surface area contributed by atoms with Gasteiger partial charge in [0.2, 0.25) is 0 Å². The van der Waals surface area contributed by atoms with E-state index in [4.69, 9.17) is 0 Å². The van der Waals surface area contributed by atoms with Gasteiger partial charge in [-0.15, -0.1) is 0 Å². The SMILES string of the molecule is CNc1ccc2ccccc2c1C(C)(C/C=C/c1cc(C)c(C)n1C)Cc1ccccc1. The van der Waals surface area contributed by atoms with Crippen LogP contribution in [-0.4, -0.2) is 11.6 Å². The molecule has 4 aromatic rings. The lowest BCUT2D eigenvalue weighted by molar-refractivity contribution is 0.481. The van der Waals surface area contributed by atoms with Crippen molar-refractivity contribution in [3.05, 3.63) is 107 Å². The molecule has 0 saturated carbocycles. The molecule has 0 aliphatic carbocycles. The Kier molecular flexibility index (Phi) is 6.23. The fourth-order valence-electron chi connectivity index (χ4n) is 4.92. The highest BCUT2D eigenvalue weighted by molar-refractivity contribution is 5.91. The second-order valence-corrected chi connectivity index (χ2v) is 9.19. The van der Waals surface area contributed by atoms with Crippen LogP contribution in [0, 0.1) is 13.8 Å². The van der Waals surface area contributed by atoms with Crippen LogP contribution in [0.25, 0.3) is 16.8 Å². The van der Waals surface area contributed by atoms with E-state index >= 15 is 0 Å². The summed E-state index contributed by atoms with van der Waals surface area (Å²) in [6.07, 6.45) is 6.58. The summed E-state index contributed by atoms with van der Waals surface area (Å²) in [6.45, 7) is 6.78. The van der Waals surface area contributed by atoms with Gasteiger partial charge in [0.1, 0.15) is 0 Å². The first kappa shape index (κ1) is 22.0. The third-order valence-electron chi connectivity index (χ3n) is 6.92. The van der Waals surface area contributed by atoms with E-state index in [1.165, 1.54) is 44.5 Å². The van der Waals surface area contributed by atoms with Crippen LogP contribution in [0.5, 0.6) is 0 Å². The molecule has 0 spiro atoms. The molecule has 3 aromatic carbocycles. The molecular formula is C30H34N2. The van der Waals surface area contributed by atoms with Crippen molar-refractivity contribution in [3.8, 4) is 0 Å². The van der Waals surface area contributed by atoms with Crippen LogP contribution in [0.15, 0.2) is 78.9 Å². The number of nitrogens with one attached hydrogen (secondary N) is 1. The van der Waals surface area contributed by atoms with Crippen molar-refractivity contribution in [2.75, 3.05) is 12.4 Å². The van der Waals surface area contributed by atoms with Gasteiger partial charge in [-0.3, -0.25) is 0 Å². The number of anilines is 1. The van der Waals surface area contributed by atoms with Crippen molar-refractivity contribution in [2.45, 2.75) is 39.0 Å². The number of hydrogen-bond acceptors (Lipinski definition) is 1. The molecule has 164 valence electrons. The molecule has 0 saturated heterocycles. The first-order valence-corrected chi connectivity index (χ1v) is 11.5. The Bertz CT molecular complexity index is 1250. The quantitative estimate of drug-likeness (QED) is 0.327. The maximum absolute atomic E-state index is 3.48. The molecule has 1 unspecified atom stereocenters. The summed E-state index contributed by atoms with van der Waals surface area (Å²) in [5, 5.41) is 6.10. The zero-order chi connectivity index (χ0) is 22.7. The normalized spacial score (nSPS) is 13.5. The van der Waals surface area contributed by atoms with E-state index in [0.717, 1.165) is 12.8 Å². The van der Waals surface area contributed by atoms with Gasteiger partial charge < -0.3 is 9.88 Å². The van der Waals surface area contributed by atoms with Crippen molar-refractivity contribution >= 4 is 22.5 Å². The lowest BCUT2D eigenvalue weighted by atomic mass is 9.72. The van der Waals surface area contributed by atoms with Crippen molar-refractivity contribution < 1.29 is 0 Å². The van der Waals surface area contributed by atoms with Gasteiger partial charge in [-0.1, -0.05) is 73.7 Å². The van der Waals surface area contributed by atoms with Crippen LogP contribution in [-0.2, 0) is 18.9 Å². The predicted molar refractivity (Wildman–Crippen MR) is 140 cm³/mol. The summed E-state index contributed by atoms with van der Waals surface area (Å²) in [7, 11) is 4.18. The smallest absolute Gasteiger partial charge is 0.0405 e. The highest BCUT2D eigenvalue weighted by atomic mass is 14.9. The predicted octanol–water partition coefficient (Wildman–Crippen LogP) is 7.44. The summed E-state index contributed by atoms with van der Waals surface area (Å²) in [4.78, 5) is 0. The second-order valence-electron chi connectivity index (χ2n) is 9.19. The number of nitrogens with zero attached hydrogens (tertiary/aromatic N) is 1. The van der Waals surface area contributed by atoms with E-state index in [0.29, 0.717) is 0 Å². The Balaban J connectivity index is 1.81. The molecular weight excluding hydrogens is 388 g/mol. The molecule has 1 N–H and O–H groups in total. The van der Waals surface area contributed by atoms with Gasteiger partial charge in [0, 0.05) is 36.6 Å². The standard InChI is InChI=1S/C30H34N2/c1-22-20-26(32(5)23(22)2)15-11-19-30(3,21-24-12-7-6-8-13-24)29-27-16-10-9-14-25(27)17-18-28(29)31-4/h6-18,20,31H,19,21H2,1-5H3/b15-11+. The van der Waals surface area contributed by atoms with Crippen LogP contribution < -0.4 is 5.32 Å². The molecule has 0 radical (unpaired) electrons. The maximum atomic E-state index is 3.48. The third kappa shape index (κ3) is 4.23. The third-order valence-corrected chi connectivity index (χ3v) is 6.92. The summed E-state index contributed by atoms with van der Waals surface area (Å²) in [5.74, 6) is 0. The zero-order valence-electron chi connectivity index (χ0n) is 19.9. The molecule has 2 nitrogen and oxygen atoms in total. The first-order chi connectivity index (χ1) is 15.4. The fourth-order valence-corrected chi connectivity index (χ4v) is 4.92. The Morgan fingerprint density at radius 2 is 1.66 bits per heavy atom. The summed E-state index contributed by atoms with van der Waals surface area (Å²) < 4.78 is 2.28. The minimum Gasteiger partial charge on any atom is -0.388 e. The van der Waals surface area contributed by atoms with Crippen molar-refractivity contribution in [3.63, 3.8) is 0 Å². The average molecular weight is 423 g/mol. The second kappa shape index (κ2) is 9.08. The molecule has 4 rings (SSSR count). The number of allylic oxidation sites excluding steroid dienone is 1. The minimum absolute atomic E-state index is 0.0632. The number of fused-ring (bicyclic) bond motifs is 1. The van der Waals surface area contributed by atoms with Gasteiger partial charge >= 0.3 is 0 Å². The van der Waals surface area contributed by atoms with E-state index in [2.05, 4.69) is 123 Å². The fraction of sp³-hybridized carbons (Fsp3) is 0.267.